The van der Waals surface area contributed by atoms with Crippen LogP contribution in [0.2, 0.25) is 0 Å². The molecule has 1 N–H and O–H groups in total. The van der Waals surface area contributed by atoms with E-state index in [4.69, 9.17) is 4.42 Å². The normalized spacial score (nSPS) is 17.7. The number of hydrogen-bond acceptors (Lipinski definition) is 3. The molecule has 15 heavy (non-hydrogen) atoms. The van der Waals surface area contributed by atoms with Crippen molar-refractivity contribution in [2.75, 3.05) is 0 Å². The molecule has 0 radical (unpaired) electrons. The van der Waals surface area contributed by atoms with E-state index in [-0.39, 0.29) is 5.78 Å². The predicted octanol–water partition coefficient (Wildman–Crippen LogP) is 2.05. The van der Waals surface area contributed by atoms with Crippen molar-refractivity contribution in [3.8, 4) is 0 Å². The first-order valence-electron chi connectivity index (χ1n) is 5.26. The fraction of sp³-hybridized carbons (Fsp3) is 0.417. The van der Waals surface area contributed by atoms with Gasteiger partial charge >= 0.3 is 0 Å². The van der Waals surface area contributed by atoms with Crippen molar-refractivity contribution in [1.82, 2.24) is 5.32 Å². The first-order valence-corrected chi connectivity index (χ1v) is 5.26. The van der Waals surface area contributed by atoms with Crippen molar-refractivity contribution in [2.24, 2.45) is 0 Å². The number of hydrogen-bond donors (Lipinski definition) is 1. The minimum atomic E-state index is 0.225. The molecule has 0 fully saturated rings. The van der Waals surface area contributed by atoms with Gasteiger partial charge in [0.25, 0.3) is 0 Å². The smallest absolute Gasteiger partial charge is 0.157 e. The molecule has 0 aliphatic heterocycles. The maximum absolute atomic E-state index is 11.0. The van der Waals surface area contributed by atoms with E-state index in [1.165, 1.54) is 0 Å². The van der Waals surface area contributed by atoms with E-state index in [1.54, 1.807) is 12.3 Å². The fourth-order valence-corrected chi connectivity index (χ4v) is 1.81. The number of furan rings is 1. The van der Waals surface area contributed by atoms with Crippen LogP contribution in [0.4, 0.5) is 0 Å². The summed E-state index contributed by atoms with van der Waals surface area (Å²) in [5, 5.41) is 3.33. The van der Waals surface area contributed by atoms with E-state index in [1.807, 2.05) is 12.1 Å². The van der Waals surface area contributed by atoms with Gasteiger partial charge in [0.1, 0.15) is 5.76 Å². The highest BCUT2D eigenvalue weighted by atomic mass is 16.3. The molecule has 80 valence electrons. The number of ketones is 1. The number of carbonyl (C=O) groups excluding carboxylic acids is 1. The van der Waals surface area contributed by atoms with Gasteiger partial charge in [-0.05, 0) is 25.5 Å². The van der Waals surface area contributed by atoms with E-state index in [0.29, 0.717) is 12.5 Å². The standard InChI is InChI=1S/C12H15NO2/c1-9(7-12-3-2-6-15-12)13-10-4-5-11(14)8-10/h2-3,6,8-9,13H,4-5,7H2,1H3. The van der Waals surface area contributed by atoms with Crippen molar-refractivity contribution in [1.29, 1.82) is 0 Å². The highest BCUT2D eigenvalue weighted by molar-refractivity contribution is 5.92. The summed E-state index contributed by atoms with van der Waals surface area (Å²) >= 11 is 0. The zero-order chi connectivity index (χ0) is 10.7. The first-order chi connectivity index (χ1) is 7.24. The fourth-order valence-electron chi connectivity index (χ4n) is 1.81. The second-order valence-corrected chi connectivity index (χ2v) is 3.96. The Labute approximate surface area is 89.2 Å². The second kappa shape index (κ2) is 4.34. The van der Waals surface area contributed by atoms with Gasteiger partial charge in [0.05, 0.1) is 6.26 Å². The molecule has 0 saturated heterocycles. The summed E-state index contributed by atoms with van der Waals surface area (Å²) in [4.78, 5) is 11.0. The second-order valence-electron chi connectivity index (χ2n) is 3.96. The van der Waals surface area contributed by atoms with Crippen molar-refractivity contribution in [3.05, 3.63) is 35.9 Å². The van der Waals surface area contributed by atoms with Gasteiger partial charge in [-0.25, -0.2) is 0 Å². The van der Waals surface area contributed by atoms with Gasteiger partial charge in [0.15, 0.2) is 5.78 Å². The molecule has 0 saturated carbocycles. The molecular weight excluding hydrogens is 190 g/mol. The summed E-state index contributed by atoms with van der Waals surface area (Å²) in [5.74, 6) is 1.20. The summed E-state index contributed by atoms with van der Waals surface area (Å²) in [6, 6.07) is 4.15. The Kier molecular flexibility index (Phi) is 2.90. The van der Waals surface area contributed by atoms with Crippen LogP contribution in [0.3, 0.4) is 0 Å². The molecule has 1 aliphatic carbocycles. The number of nitrogens with one attached hydrogen (secondary N) is 1. The Morgan fingerprint density at radius 1 is 1.53 bits per heavy atom. The Balaban J connectivity index is 1.85. The minimum Gasteiger partial charge on any atom is -0.469 e. The number of allylic oxidation sites excluding steroid dienone is 2. The molecule has 3 nitrogen and oxygen atoms in total. The Hall–Kier alpha value is -1.51. The highest BCUT2D eigenvalue weighted by Crippen LogP contribution is 2.13. The molecule has 0 aromatic carbocycles. The Morgan fingerprint density at radius 3 is 3.00 bits per heavy atom. The third kappa shape index (κ3) is 2.72. The largest absolute Gasteiger partial charge is 0.469 e. The van der Waals surface area contributed by atoms with Gasteiger partial charge in [-0.15, -0.1) is 0 Å². The summed E-state index contributed by atoms with van der Waals surface area (Å²) < 4.78 is 5.26. The Bertz CT molecular complexity index is 365. The van der Waals surface area contributed by atoms with Crippen LogP contribution in [0.15, 0.2) is 34.6 Å². The summed E-state index contributed by atoms with van der Waals surface area (Å²) in [5.41, 5.74) is 1.05. The maximum Gasteiger partial charge on any atom is 0.157 e. The van der Waals surface area contributed by atoms with Crippen LogP contribution in [-0.2, 0) is 11.2 Å². The van der Waals surface area contributed by atoms with Crippen molar-refractivity contribution < 1.29 is 9.21 Å². The van der Waals surface area contributed by atoms with Crippen molar-refractivity contribution in [2.45, 2.75) is 32.2 Å². The van der Waals surface area contributed by atoms with Crippen LogP contribution in [0.1, 0.15) is 25.5 Å². The lowest BCUT2D eigenvalue weighted by Crippen LogP contribution is -2.26. The quantitative estimate of drug-likeness (QED) is 0.818. The lowest BCUT2D eigenvalue weighted by molar-refractivity contribution is -0.114. The van der Waals surface area contributed by atoms with Gasteiger partial charge < -0.3 is 9.73 Å². The molecule has 1 aromatic rings. The number of rotatable bonds is 4. The molecule has 0 amide bonds. The van der Waals surface area contributed by atoms with Gasteiger partial charge in [-0.1, -0.05) is 0 Å². The van der Waals surface area contributed by atoms with E-state index < -0.39 is 0 Å². The first kappa shape index (κ1) is 10.0. The van der Waals surface area contributed by atoms with Crippen LogP contribution >= 0.6 is 0 Å². The minimum absolute atomic E-state index is 0.225. The molecule has 1 unspecified atom stereocenters. The highest BCUT2D eigenvalue weighted by Gasteiger charge is 2.14. The summed E-state index contributed by atoms with van der Waals surface area (Å²) in [7, 11) is 0. The van der Waals surface area contributed by atoms with Crippen molar-refractivity contribution in [3.63, 3.8) is 0 Å². The van der Waals surface area contributed by atoms with E-state index in [2.05, 4.69) is 12.2 Å². The van der Waals surface area contributed by atoms with E-state index >= 15 is 0 Å². The van der Waals surface area contributed by atoms with E-state index in [9.17, 15) is 4.79 Å². The Morgan fingerprint density at radius 2 is 2.40 bits per heavy atom. The van der Waals surface area contributed by atoms with Gasteiger partial charge in [-0.3, -0.25) is 4.79 Å². The summed E-state index contributed by atoms with van der Waals surface area (Å²) in [6.07, 6.45) is 5.73. The monoisotopic (exact) mass is 205 g/mol. The van der Waals surface area contributed by atoms with Gasteiger partial charge in [0.2, 0.25) is 0 Å². The summed E-state index contributed by atoms with van der Waals surface area (Å²) in [6.45, 7) is 2.09. The molecule has 1 aliphatic rings. The topological polar surface area (TPSA) is 42.2 Å². The van der Waals surface area contributed by atoms with Crippen LogP contribution in [0.25, 0.3) is 0 Å². The van der Waals surface area contributed by atoms with Gasteiger partial charge in [-0.2, -0.15) is 0 Å². The molecule has 3 heteroatoms. The molecule has 1 atom stereocenters. The molecule has 1 heterocycles. The predicted molar refractivity (Wildman–Crippen MR) is 57.3 cm³/mol. The maximum atomic E-state index is 11.0. The van der Waals surface area contributed by atoms with Crippen LogP contribution in [0.5, 0.6) is 0 Å². The molecule has 0 bridgehead atoms. The molecule has 1 aromatic heterocycles. The third-order valence-corrected chi connectivity index (χ3v) is 2.50. The molecular formula is C12H15NO2. The zero-order valence-corrected chi connectivity index (χ0v) is 8.82. The molecule has 0 spiro atoms. The SMILES string of the molecule is CC(Cc1ccco1)NC1=CC(=O)CC1. The van der Waals surface area contributed by atoms with Crippen molar-refractivity contribution >= 4 is 5.78 Å². The third-order valence-electron chi connectivity index (χ3n) is 2.50. The van der Waals surface area contributed by atoms with E-state index in [0.717, 1.165) is 24.3 Å². The number of carbonyl (C=O) groups is 1. The van der Waals surface area contributed by atoms with Gasteiger partial charge in [0, 0.05) is 30.7 Å². The average molecular weight is 205 g/mol. The van der Waals surface area contributed by atoms with Crippen LogP contribution in [-0.4, -0.2) is 11.8 Å². The van der Waals surface area contributed by atoms with Crippen LogP contribution in [0, 0.1) is 0 Å². The lowest BCUT2D eigenvalue weighted by atomic mass is 10.2. The lowest BCUT2D eigenvalue weighted by Gasteiger charge is -2.14. The zero-order valence-electron chi connectivity index (χ0n) is 8.82. The average Bonchev–Trinajstić information content (AvgIpc) is 2.77. The van der Waals surface area contributed by atoms with Crippen LogP contribution < -0.4 is 5.32 Å². The molecule has 2 rings (SSSR count).